The van der Waals surface area contributed by atoms with Crippen LogP contribution in [0, 0.1) is 5.92 Å². The standard InChI is InChI=1S/C14H21NO2/c16-10-13(11-17)14(15-8-4-5-9-15)12-6-2-1-3-7-12/h1-3,6-7,13-14,16-17H,4-5,8-11H2/t14-/m1/s1. The van der Waals surface area contributed by atoms with E-state index in [9.17, 15) is 10.2 Å². The van der Waals surface area contributed by atoms with E-state index in [2.05, 4.69) is 17.0 Å². The molecule has 17 heavy (non-hydrogen) atoms. The SMILES string of the molecule is OCC(CO)[C@@H](c1ccccc1)N1CCCC1. The Morgan fingerprint density at radius 3 is 2.12 bits per heavy atom. The molecule has 1 aromatic carbocycles. The monoisotopic (exact) mass is 235 g/mol. The third-order valence-corrected chi connectivity index (χ3v) is 3.59. The molecule has 2 N–H and O–H groups in total. The maximum absolute atomic E-state index is 9.43. The average Bonchev–Trinajstić information content (AvgIpc) is 2.90. The van der Waals surface area contributed by atoms with Gasteiger partial charge in [0.15, 0.2) is 0 Å². The number of nitrogens with zero attached hydrogens (tertiary/aromatic N) is 1. The number of aliphatic hydroxyl groups excluding tert-OH is 2. The lowest BCUT2D eigenvalue weighted by atomic mass is 9.93. The van der Waals surface area contributed by atoms with Gasteiger partial charge in [-0.3, -0.25) is 4.90 Å². The summed E-state index contributed by atoms with van der Waals surface area (Å²) in [6, 6.07) is 10.3. The van der Waals surface area contributed by atoms with E-state index < -0.39 is 0 Å². The van der Waals surface area contributed by atoms with Gasteiger partial charge >= 0.3 is 0 Å². The molecule has 0 amide bonds. The van der Waals surface area contributed by atoms with Crippen LogP contribution in [-0.4, -0.2) is 41.4 Å². The summed E-state index contributed by atoms with van der Waals surface area (Å²) in [5.74, 6) is -0.0875. The molecular weight excluding hydrogens is 214 g/mol. The van der Waals surface area contributed by atoms with Gasteiger partial charge in [0.1, 0.15) is 0 Å². The summed E-state index contributed by atoms with van der Waals surface area (Å²) in [4.78, 5) is 2.38. The molecule has 1 aromatic rings. The van der Waals surface area contributed by atoms with Crippen molar-refractivity contribution >= 4 is 0 Å². The van der Waals surface area contributed by atoms with Crippen molar-refractivity contribution < 1.29 is 10.2 Å². The Morgan fingerprint density at radius 1 is 1.00 bits per heavy atom. The molecule has 0 spiro atoms. The van der Waals surface area contributed by atoms with Crippen LogP contribution in [0.5, 0.6) is 0 Å². The van der Waals surface area contributed by atoms with Crippen LogP contribution < -0.4 is 0 Å². The first-order valence-corrected chi connectivity index (χ1v) is 6.37. The summed E-state index contributed by atoms with van der Waals surface area (Å²) >= 11 is 0. The van der Waals surface area contributed by atoms with Crippen LogP contribution in [0.15, 0.2) is 30.3 Å². The average molecular weight is 235 g/mol. The number of hydrogen-bond donors (Lipinski definition) is 2. The molecule has 1 fully saturated rings. The molecule has 0 aromatic heterocycles. The van der Waals surface area contributed by atoms with Crippen LogP contribution in [-0.2, 0) is 0 Å². The Kier molecular flexibility index (Phi) is 4.54. The lowest BCUT2D eigenvalue weighted by molar-refractivity contribution is 0.0687. The largest absolute Gasteiger partial charge is 0.396 e. The molecule has 0 radical (unpaired) electrons. The van der Waals surface area contributed by atoms with Crippen molar-refractivity contribution in [2.45, 2.75) is 18.9 Å². The minimum atomic E-state index is -0.0875. The molecule has 0 unspecified atom stereocenters. The topological polar surface area (TPSA) is 43.7 Å². The van der Waals surface area contributed by atoms with Crippen molar-refractivity contribution in [3.05, 3.63) is 35.9 Å². The van der Waals surface area contributed by atoms with Crippen LogP contribution in [0.4, 0.5) is 0 Å². The molecule has 1 heterocycles. The predicted molar refractivity (Wildman–Crippen MR) is 67.7 cm³/mol. The number of hydrogen-bond acceptors (Lipinski definition) is 3. The Balaban J connectivity index is 2.22. The fraction of sp³-hybridized carbons (Fsp3) is 0.571. The third-order valence-electron chi connectivity index (χ3n) is 3.59. The predicted octanol–water partition coefficient (Wildman–Crippen LogP) is 1.42. The molecule has 1 atom stereocenters. The van der Waals surface area contributed by atoms with E-state index in [0.29, 0.717) is 0 Å². The van der Waals surface area contributed by atoms with Crippen molar-refractivity contribution in [3.63, 3.8) is 0 Å². The highest BCUT2D eigenvalue weighted by atomic mass is 16.3. The van der Waals surface area contributed by atoms with Crippen molar-refractivity contribution in [2.75, 3.05) is 26.3 Å². The Hall–Kier alpha value is -0.900. The van der Waals surface area contributed by atoms with Crippen LogP contribution in [0.3, 0.4) is 0 Å². The van der Waals surface area contributed by atoms with E-state index in [0.717, 1.165) is 13.1 Å². The van der Waals surface area contributed by atoms with Gasteiger partial charge in [0.05, 0.1) is 0 Å². The van der Waals surface area contributed by atoms with Gasteiger partial charge in [-0.2, -0.15) is 0 Å². The third kappa shape index (κ3) is 2.86. The maximum atomic E-state index is 9.43. The lowest BCUT2D eigenvalue weighted by Gasteiger charge is -2.33. The molecule has 0 aliphatic carbocycles. The molecule has 0 bridgehead atoms. The van der Waals surface area contributed by atoms with Gasteiger partial charge in [0, 0.05) is 25.2 Å². The zero-order valence-electron chi connectivity index (χ0n) is 10.1. The van der Waals surface area contributed by atoms with Gasteiger partial charge in [-0.25, -0.2) is 0 Å². The second-order valence-corrected chi connectivity index (χ2v) is 4.72. The number of rotatable bonds is 5. The first-order chi connectivity index (χ1) is 8.36. The molecular formula is C14H21NO2. The second-order valence-electron chi connectivity index (χ2n) is 4.72. The van der Waals surface area contributed by atoms with E-state index >= 15 is 0 Å². The molecule has 1 aliphatic heterocycles. The van der Waals surface area contributed by atoms with Crippen LogP contribution >= 0.6 is 0 Å². The summed E-state index contributed by atoms with van der Waals surface area (Å²) in [7, 11) is 0. The van der Waals surface area contributed by atoms with E-state index in [-0.39, 0.29) is 25.2 Å². The zero-order valence-corrected chi connectivity index (χ0v) is 10.1. The van der Waals surface area contributed by atoms with E-state index in [1.54, 1.807) is 0 Å². The molecule has 0 saturated carbocycles. The van der Waals surface area contributed by atoms with Gasteiger partial charge in [0.2, 0.25) is 0 Å². The summed E-state index contributed by atoms with van der Waals surface area (Å²) < 4.78 is 0. The van der Waals surface area contributed by atoms with E-state index in [1.165, 1.54) is 18.4 Å². The van der Waals surface area contributed by atoms with Gasteiger partial charge in [-0.1, -0.05) is 30.3 Å². The molecule has 3 heteroatoms. The van der Waals surface area contributed by atoms with Gasteiger partial charge in [0.25, 0.3) is 0 Å². The summed E-state index contributed by atoms with van der Waals surface area (Å²) in [6.07, 6.45) is 2.43. The fourth-order valence-electron chi connectivity index (χ4n) is 2.71. The van der Waals surface area contributed by atoms with Crippen molar-refractivity contribution in [2.24, 2.45) is 5.92 Å². The van der Waals surface area contributed by atoms with E-state index in [4.69, 9.17) is 0 Å². The maximum Gasteiger partial charge on any atom is 0.0499 e. The van der Waals surface area contributed by atoms with Gasteiger partial charge < -0.3 is 10.2 Å². The molecule has 3 nitrogen and oxygen atoms in total. The first kappa shape index (κ1) is 12.6. The molecule has 2 rings (SSSR count). The van der Waals surface area contributed by atoms with Crippen LogP contribution in [0.1, 0.15) is 24.4 Å². The van der Waals surface area contributed by atoms with Crippen molar-refractivity contribution in [1.29, 1.82) is 0 Å². The second kappa shape index (κ2) is 6.15. The highest BCUT2D eigenvalue weighted by Crippen LogP contribution is 2.31. The number of likely N-dealkylation sites (tertiary alicyclic amines) is 1. The highest BCUT2D eigenvalue weighted by molar-refractivity contribution is 5.20. The Labute approximate surface area is 103 Å². The molecule has 94 valence electrons. The summed E-state index contributed by atoms with van der Waals surface area (Å²) in [5.41, 5.74) is 1.20. The molecule has 1 aliphatic rings. The Bertz CT molecular complexity index is 316. The quantitative estimate of drug-likeness (QED) is 0.811. The van der Waals surface area contributed by atoms with Crippen LogP contribution in [0.2, 0.25) is 0 Å². The first-order valence-electron chi connectivity index (χ1n) is 6.37. The fourth-order valence-corrected chi connectivity index (χ4v) is 2.71. The summed E-state index contributed by atoms with van der Waals surface area (Å²) in [5, 5.41) is 18.9. The molecule has 1 saturated heterocycles. The lowest BCUT2D eigenvalue weighted by Crippen LogP contribution is -2.35. The smallest absolute Gasteiger partial charge is 0.0499 e. The van der Waals surface area contributed by atoms with E-state index in [1.807, 2.05) is 18.2 Å². The normalized spacial score (nSPS) is 18.8. The number of benzene rings is 1. The van der Waals surface area contributed by atoms with Gasteiger partial charge in [-0.05, 0) is 31.5 Å². The van der Waals surface area contributed by atoms with Crippen molar-refractivity contribution in [3.8, 4) is 0 Å². The zero-order chi connectivity index (χ0) is 12.1. The number of aliphatic hydroxyl groups is 2. The minimum Gasteiger partial charge on any atom is -0.396 e. The van der Waals surface area contributed by atoms with Crippen LogP contribution in [0.25, 0.3) is 0 Å². The highest BCUT2D eigenvalue weighted by Gasteiger charge is 2.29. The minimum absolute atomic E-state index is 0.0343. The van der Waals surface area contributed by atoms with Gasteiger partial charge in [-0.15, -0.1) is 0 Å². The summed E-state index contributed by atoms with van der Waals surface area (Å²) in [6.45, 7) is 2.20. The van der Waals surface area contributed by atoms with Crippen molar-refractivity contribution in [1.82, 2.24) is 4.90 Å². The Morgan fingerprint density at radius 2 is 1.59 bits per heavy atom.